The first kappa shape index (κ1) is 16.6. The van der Waals surface area contributed by atoms with Gasteiger partial charge in [0.2, 0.25) is 0 Å². The van der Waals surface area contributed by atoms with Crippen LogP contribution in [-0.4, -0.2) is 50.2 Å². The van der Waals surface area contributed by atoms with Crippen LogP contribution in [0.15, 0.2) is 30.7 Å². The standard InChI is InChI=1S/C17H19FN6O2/c1-11(12-2-3-14(20-8-12)23-10-13(18)9-21-23)24-15(25)17(22-16(24)26)4-6-19-7-5-17/h2-3,8-11,19H,4-7H2,1H3,(H,22,26)/t11-/m0/s1. The van der Waals surface area contributed by atoms with Crippen molar-refractivity contribution in [2.45, 2.75) is 31.3 Å². The number of nitrogens with zero attached hydrogens (tertiary/aromatic N) is 4. The molecule has 2 aliphatic rings. The van der Waals surface area contributed by atoms with E-state index in [0.29, 0.717) is 31.7 Å². The topological polar surface area (TPSA) is 92.2 Å². The largest absolute Gasteiger partial charge is 0.325 e. The van der Waals surface area contributed by atoms with Gasteiger partial charge in [-0.1, -0.05) is 6.07 Å². The number of hydrogen-bond donors (Lipinski definition) is 2. The minimum Gasteiger partial charge on any atom is -0.323 e. The number of piperidine rings is 1. The van der Waals surface area contributed by atoms with Gasteiger partial charge in [0.25, 0.3) is 5.91 Å². The Balaban J connectivity index is 1.56. The molecule has 2 aromatic heterocycles. The van der Waals surface area contributed by atoms with Crippen molar-refractivity contribution < 1.29 is 14.0 Å². The first-order chi connectivity index (χ1) is 12.5. The first-order valence-corrected chi connectivity index (χ1v) is 8.53. The monoisotopic (exact) mass is 358 g/mol. The van der Waals surface area contributed by atoms with Gasteiger partial charge in [-0.2, -0.15) is 5.10 Å². The van der Waals surface area contributed by atoms with Crippen LogP contribution in [-0.2, 0) is 4.79 Å². The van der Waals surface area contributed by atoms with Crippen molar-refractivity contribution in [2.75, 3.05) is 13.1 Å². The predicted octanol–water partition coefficient (Wildman–Crippen LogP) is 1.14. The lowest BCUT2D eigenvalue weighted by molar-refractivity contribution is -0.133. The van der Waals surface area contributed by atoms with E-state index in [1.807, 2.05) is 0 Å². The van der Waals surface area contributed by atoms with Crippen molar-refractivity contribution in [3.63, 3.8) is 0 Å². The van der Waals surface area contributed by atoms with Crippen molar-refractivity contribution in [3.8, 4) is 5.82 Å². The second-order valence-corrected chi connectivity index (χ2v) is 6.67. The summed E-state index contributed by atoms with van der Waals surface area (Å²) in [5.74, 6) is -0.178. The molecule has 0 radical (unpaired) electrons. The lowest BCUT2D eigenvalue weighted by Crippen LogP contribution is -2.54. The molecule has 0 aromatic carbocycles. The Hall–Kier alpha value is -2.81. The van der Waals surface area contributed by atoms with Crippen LogP contribution >= 0.6 is 0 Å². The molecule has 2 saturated heterocycles. The molecule has 2 fully saturated rings. The van der Waals surface area contributed by atoms with Crippen LogP contribution in [0.2, 0.25) is 0 Å². The van der Waals surface area contributed by atoms with Crippen LogP contribution in [0.1, 0.15) is 31.4 Å². The maximum absolute atomic E-state index is 13.1. The lowest BCUT2D eigenvalue weighted by Gasteiger charge is -2.31. The van der Waals surface area contributed by atoms with Gasteiger partial charge in [0.1, 0.15) is 5.54 Å². The zero-order valence-electron chi connectivity index (χ0n) is 14.3. The number of imide groups is 1. The minimum atomic E-state index is -0.795. The quantitative estimate of drug-likeness (QED) is 0.803. The number of carbonyl (C=O) groups excluding carboxylic acids is 2. The molecule has 136 valence electrons. The van der Waals surface area contributed by atoms with Crippen molar-refractivity contribution >= 4 is 11.9 Å². The summed E-state index contributed by atoms with van der Waals surface area (Å²) in [6.45, 7) is 3.19. The van der Waals surface area contributed by atoms with Crippen LogP contribution in [0.25, 0.3) is 5.82 Å². The Morgan fingerprint density at radius 2 is 2.00 bits per heavy atom. The van der Waals surface area contributed by atoms with Gasteiger partial charge in [-0.25, -0.2) is 18.9 Å². The summed E-state index contributed by atoms with van der Waals surface area (Å²) in [6.07, 6.45) is 5.08. The van der Waals surface area contributed by atoms with E-state index < -0.39 is 17.4 Å². The number of urea groups is 1. The van der Waals surface area contributed by atoms with Crippen molar-refractivity contribution in [1.29, 1.82) is 0 Å². The Kier molecular flexibility index (Phi) is 3.95. The van der Waals surface area contributed by atoms with Gasteiger partial charge in [0.15, 0.2) is 11.6 Å². The van der Waals surface area contributed by atoms with Gasteiger partial charge in [-0.15, -0.1) is 0 Å². The third kappa shape index (κ3) is 2.64. The molecule has 1 spiro atoms. The Morgan fingerprint density at radius 1 is 1.23 bits per heavy atom. The summed E-state index contributed by atoms with van der Waals surface area (Å²) in [5.41, 5.74) is -0.0767. The SMILES string of the molecule is C[C@@H](c1ccc(-n2cc(F)cn2)nc1)N1C(=O)NC2(CCNCC2)C1=O. The van der Waals surface area contributed by atoms with Gasteiger partial charge in [-0.05, 0) is 44.5 Å². The molecule has 4 rings (SSSR count). The first-order valence-electron chi connectivity index (χ1n) is 8.53. The minimum absolute atomic E-state index is 0.185. The van der Waals surface area contributed by atoms with E-state index >= 15 is 0 Å². The highest BCUT2D eigenvalue weighted by atomic mass is 19.1. The number of pyridine rings is 1. The molecule has 3 amide bonds. The number of halogens is 1. The van der Waals surface area contributed by atoms with Crippen molar-refractivity contribution in [1.82, 2.24) is 30.3 Å². The molecular formula is C17H19FN6O2. The van der Waals surface area contributed by atoms with E-state index in [1.165, 1.54) is 15.8 Å². The molecule has 2 aromatic rings. The van der Waals surface area contributed by atoms with Crippen LogP contribution in [0.5, 0.6) is 0 Å². The van der Waals surface area contributed by atoms with E-state index in [0.717, 1.165) is 11.8 Å². The molecule has 2 aliphatic heterocycles. The van der Waals surface area contributed by atoms with E-state index in [2.05, 4.69) is 20.7 Å². The summed E-state index contributed by atoms with van der Waals surface area (Å²) in [6, 6.07) is 2.62. The highest BCUT2D eigenvalue weighted by molar-refractivity contribution is 6.07. The van der Waals surface area contributed by atoms with E-state index in [-0.39, 0.29) is 11.9 Å². The van der Waals surface area contributed by atoms with Gasteiger partial charge >= 0.3 is 6.03 Å². The van der Waals surface area contributed by atoms with E-state index in [4.69, 9.17) is 0 Å². The molecule has 0 aliphatic carbocycles. The lowest BCUT2D eigenvalue weighted by atomic mass is 9.88. The molecule has 8 nitrogen and oxygen atoms in total. The molecular weight excluding hydrogens is 339 g/mol. The molecule has 4 heterocycles. The Labute approximate surface area is 149 Å². The predicted molar refractivity (Wildman–Crippen MR) is 89.9 cm³/mol. The van der Waals surface area contributed by atoms with Crippen LogP contribution in [0.4, 0.5) is 9.18 Å². The highest BCUT2D eigenvalue weighted by Gasteiger charge is 2.52. The third-order valence-electron chi connectivity index (χ3n) is 5.08. The van der Waals surface area contributed by atoms with Gasteiger partial charge in [0, 0.05) is 6.20 Å². The molecule has 0 saturated carbocycles. The molecule has 9 heteroatoms. The van der Waals surface area contributed by atoms with Crippen LogP contribution in [0, 0.1) is 5.82 Å². The zero-order valence-corrected chi connectivity index (χ0v) is 14.3. The number of amides is 3. The van der Waals surface area contributed by atoms with Crippen molar-refractivity contribution in [3.05, 3.63) is 42.1 Å². The fraction of sp³-hybridized carbons (Fsp3) is 0.412. The fourth-order valence-electron chi connectivity index (χ4n) is 3.54. The number of rotatable bonds is 3. The number of hydrogen-bond acceptors (Lipinski definition) is 5. The summed E-state index contributed by atoms with van der Waals surface area (Å²) in [5, 5.41) is 9.95. The summed E-state index contributed by atoms with van der Waals surface area (Å²) in [7, 11) is 0. The molecule has 2 N–H and O–H groups in total. The molecule has 26 heavy (non-hydrogen) atoms. The summed E-state index contributed by atoms with van der Waals surface area (Å²) < 4.78 is 14.4. The Bertz CT molecular complexity index is 843. The number of aromatic nitrogens is 3. The average Bonchev–Trinajstić information content (AvgIpc) is 3.17. The summed E-state index contributed by atoms with van der Waals surface area (Å²) >= 11 is 0. The van der Waals surface area contributed by atoms with Crippen LogP contribution < -0.4 is 10.6 Å². The van der Waals surface area contributed by atoms with E-state index in [9.17, 15) is 14.0 Å². The second-order valence-electron chi connectivity index (χ2n) is 6.67. The molecule has 0 bridgehead atoms. The van der Waals surface area contributed by atoms with Gasteiger partial charge in [0.05, 0.1) is 18.4 Å². The number of nitrogens with one attached hydrogen (secondary N) is 2. The normalized spacial score (nSPS) is 20.5. The molecule has 1 atom stereocenters. The molecule has 0 unspecified atom stereocenters. The fourth-order valence-corrected chi connectivity index (χ4v) is 3.54. The Morgan fingerprint density at radius 3 is 2.62 bits per heavy atom. The second kappa shape index (κ2) is 6.17. The van der Waals surface area contributed by atoms with E-state index in [1.54, 1.807) is 25.3 Å². The maximum Gasteiger partial charge on any atom is 0.325 e. The smallest absolute Gasteiger partial charge is 0.323 e. The maximum atomic E-state index is 13.1. The highest BCUT2D eigenvalue weighted by Crippen LogP contribution is 2.32. The van der Waals surface area contributed by atoms with Gasteiger partial charge in [-0.3, -0.25) is 9.69 Å². The zero-order chi connectivity index (χ0) is 18.3. The third-order valence-corrected chi connectivity index (χ3v) is 5.08. The van der Waals surface area contributed by atoms with Crippen molar-refractivity contribution in [2.24, 2.45) is 0 Å². The number of carbonyl (C=O) groups is 2. The average molecular weight is 358 g/mol. The van der Waals surface area contributed by atoms with Gasteiger partial charge < -0.3 is 10.6 Å². The summed E-state index contributed by atoms with van der Waals surface area (Å²) in [4.78, 5) is 30.9. The van der Waals surface area contributed by atoms with Crippen LogP contribution in [0.3, 0.4) is 0 Å².